The predicted octanol–water partition coefficient (Wildman–Crippen LogP) is 4.35. The number of benzene rings is 2. The fraction of sp³-hybridized carbons (Fsp3) is 0.222. The minimum absolute atomic E-state index is 0.421. The number of rotatable bonds is 6. The highest BCUT2D eigenvalue weighted by Gasteiger charge is 2.22. The Morgan fingerprint density at radius 1 is 1.00 bits per heavy atom. The molecule has 0 aliphatic rings. The van der Waals surface area contributed by atoms with Crippen molar-refractivity contribution < 1.29 is 4.74 Å². The van der Waals surface area contributed by atoms with Crippen molar-refractivity contribution in [3.63, 3.8) is 0 Å². The Morgan fingerprint density at radius 3 is 2.16 bits per heavy atom. The van der Waals surface area contributed by atoms with E-state index in [0.29, 0.717) is 6.61 Å². The van der Waals surface area contributed by atoms with Crippen molar-refractivity contribution in [2.45, 2.75) is 18.9 Å². The van der Waals surface area contributed by atoms with Crippen molar-refractivity contribution in [2.75, 3.05) is 6.61 Å². The lowest BCUT2D eigenvalue weighted by Crippen LogP contribution is -2.24. The molecule has 0 aliphatic heterocycles. The number of ether oxygens (including phenoxy) is 1. The van der Waals surface area contributed by atoms with Gasteiger partial charge in [-0.15, -0.1) is 0 Å². The lowest BCUT2D eigenvalue weighted by Gasteiger charge is -2.27. The van der Waals surface area contributed by atoms with Gasteiger partial charge in [-0.3, -0.25) is 0 Å². The SMILES string of the molecule is C=CC(C)(OCCc1ccccc1)c1ccccc1. The molecule has 2 aromatic rings. The molecule has 0 spiro atoms. The molecule has 0 heterocycles. The van der Waals surface area contributed by atoms with Crippen LogP contribution in [0, 0.1) is 0 Å². The molecule has 0 N–H and O–H groups in total. The average molecular weight is 252 g/mol. The molecule has 0 saturated carbocycles. The molecule has 2 aromatic carbocycles. The second-order valence-corrected chi connectivity index (χ2v) is 4.76. The zero-order valence-electron chi connectivity index (χ0n) is 11.4. The van der Waals surface area contributed by atoms with Crippen molar-refractivity contribution in [3.05, 3.63) is 84.4 Å². The highest BCUT2D eigenvalue weighted by Crippen LogP contribution is 2.26. The summed E-state index contributed by atoms with van der Waals surface area (Å²) in [5.41, 5.74) is 2.01. The standard InChI is InChI=1S/C18H20O/c1-3-18(2,17-12-8-5-9-13-17)19-15-14-16-10-6-4-7-11-16/h3-13H,1,14-15H2,2H3. The van der Waals surface area contributed by atoms with Crippen molar-refractivity contribution in [1.29, 1.82) is 0 Å². The molecule has 0 aromatic heterocycles. The van der Waals surface area contributed by atoms with Crippen LogP contribution in [0.3, 0.4) is 0 Å². The molecule has 0 aliphatic carbocycles. The number of hydrogen-bond acceptors (Lipinski definition) is 1. The van der Waals surface area contributed by atoms with E-state index in [1.54, 1.807) is 0 Å². The summed E-state index contributed by atoms with van der Waals surface area (Å²) in [6.07, 6.45) is 2.78. The van der Waals surface area contributed by atoms with E-state index in [-0.39, 0.29) is 0 Å². The van der Waals surface area contributed by atoms with E-state index in [4.69, 9.17) is 4.74 Å². The maximum Gasteiger partial charge on any atom is 0.108 e. The van der Waals surface area contributed by atoms with Crippen LogP contribution in [0.4, 0.5) is 0 Å². The molecule has 0 amide bonds. The van der Waals surface area contributed by atoms with E-state index in [9.17, 15) is 0 Å². The van der Waals surface area contributed by atoms with Crippen molar-refractivity contribution >= 4 is 0 Å². The molecule has 1 heteroatoms. The van der Waals surface area contributed by atoms with Crippen LogP contribution >= 0.6 is 0 Å². The van der Waals surface area contributed by atoms with Crippen LogP contribution in [0.1, 0.15) is 18.1 Å². The van der Waals surface area contributed by atoms with Crippen LogP contribution in [-0.2, 0) is 16.8 Å². The van der Waals surface area contributed by atoms with E-state index < -0.39 is 5.60 Å². The van der Waals surface area contributed by atoms with Gasteiger partial charge in [0.25, 0.3) is 0 Å². The summed E-state index contributed by atoms with van der Waals surface area (Å²) in [6.45, 7) is 6.65. The zero-order valence-corrected chi connectivity index (χ0v) is 11.4. The normalized spacial score (nSPS) is 13.7. The van der Waals surface area contributed by atoms with Gasteiger partial charge in [0.15, 0.2) is 0 Å². The Balaban J connectivity index is 1.98. The molecule has 0 fully saturated rings. The number of hydrogen-bond donors (Lipinski definition) is 0. The van der Waals surface area contributed by atoms with Crippen LogP contribution in [-0.4, -0.2) is 6.61 Å². The summed E-state index contributed by atoms with van der Waals surface area (Å²) in [5, 5.41) is 0. The van der Waals surface area contributed by atoms with Crippen molar-refractivity contribution in [1.82, 2.24) is 0 Å². The second-order valence-electron chi connectivity index (χ2n) is 4.76. The van der Waals surface area contributed by atoms with Crippen LogP contribution < -0.4 is 0 Å². The third kappa shape index (κ3) is 3.55. The molecule has 1 nitrogen and oxygen atoms in total. The molecular formula is C18H20O. The van der Waals surface area contributed by atoms with Gasteiger partial charge in [0.1, 0.15) is 5.60 Å². The Morgan fingerprint density at radius 2 is 1.58 bits per heavy atom. The van der Waals surface area contributed by atoms with Gasteiger partial charge in [-0.25, -0.2) is 0 Å². The molecule has 19 heavy (non-hydrogen) atoms. The third-order valence-corrected chi connectivity index (χ3v) is 3.37. The molecule has 0 saturated heterocycles. The summed E-state index contributed by atoms with van der Waals surface area (Å²) in [6, 6.07) is 20.6. The molecule has 1 unspecified atom stereocenters. The lowest BCUT2D eigenvalue weighted by atomic mass is 9.96. The van der Waals surface area contributed by atoms with Gasteiger partial charge >= 0.3 is 0 Å². The third-order valence-electron chi connectivity index (χ3n) is 3.37. The molecule has 0 bridgehead atoms. The smallest absolute Gasteiger partial charge is 0.108 e. The van der Waals surface area contributed by atoms with Gasteiger partial charge in [0, 0.05) is 0 Å². The predicted molar refractivity (Wildman–Crippen MR) is 80.1 cm³/mol. The monoisotopic (exact) mass is 252 g/mol. The highest BCUT2D eigenvalue weighted by atomic mass is 16.5. The first kappa shape index (κ1) is 13.6. The van der Waals surface area contributed by atoms with E-state index in [1.807, 2.05) is 30.3 Å². The second kappa shape index (κ2) is 6.35. The van der Waals surface area contributed by atoms with E-state index in [0.717, 1.165) is 12.0 Å². The fourth-order valence-corrected chi connectivity index (χ4v) is 2.05. The first-order chi connectivity index (χ1) is 9.24. The largest absolute Gasteiger partial charge is 0.366 e. The summed E-state index contributed by atoms with van der Waals surface area (Å²) >= 11 is 0. The first-order valence-electron chi connectivity index (χ1n) is 6.61. The fourth-order valence-electron chi connectivity index (χ4n) is 2.05. The van der Waals surface area contributed by atoms with Crippen molar-refractivity contribution in [3.8, 4) is 0 Å². The van der Waals surface area contributed by atoms with Crippen LogP contribution in [0.15, 0.2) is 73.3 Å². The molecule has 2 rings (SSSR count). The average Bonchev–Trinajstić information content (AvgIpc) is 2.49. The zero-order chi connectivity index (χ0) is 13.6. The van der Waals surface area contributed by atoms with Gasteiger partial charge in [-0.1, -0.05) is 73.3 Å². The first-order valence-corrected chi connectivity index (χ1v) is 6.61. The molecule has 0 radical (unpaired) electrons. The minimum Gasteiger partial charge on any atom is -0.366 e. The summed E-state index contributed by atoms with van der Waals surface area (Å²) in [5.74, 6) is 0. The Kier molecular flexibility index (Phi) is 4.53. The van der Waals surface area contributed by atoms with Gasteiger partial charge in [-0.2, -0.15) is 0 Å². The van der Waals surface area contributed by atoms with Gasteiger partial charge in [0.2, 0.25) is 0 Å². The lowest BCUT2D eigenvalue weighted by molar-refractivity contribution is 0.00409. The van der Waals surface area contributed by atoms with Crippen LogP contribution in [0.2, 0.25) is 0 Å². The van der Waals surface area contributed by atoms with Gasteiger partial charge in [0.05, 0.1) is 6.61 Å². The summed E-state index contributed by atoms with van der Waals surface area (Å²) in [7, 11) is 0. The van der Waals surface area contributed by atoms with Gasteiger partial charge in [-0.05, 0) is 24.5 Å². The molecular weight excluding hydrogens is 232 g/mol. The quantitative estimate of drug-likeness (QED) is 0.695. The van der Waals surface area contributed by atoms with Crippen LogP contribution in [0.5, 0.6) is 0 Å². The topological polar surface area (TPSA) is 9.23 Å². The van der Waals surface area contributed by atoms with E-state index in [1.165, 1.54) is 5.56 Å². The maximum atomic E-state index is 6.05. The molecule has 98 valence electrons. The summed E-state index contributed by atoms with van der Waals surface area (Å²) < 4.78 is 6.05. The van der Waals surface area contributed by atoms with Crippen molar-refractivity contribution in [2.24, 2.45) is 0 Å². The molecule has 1 atom stereocenters. The summed E-state index contributed by atoms with van der Waals surface area (Å²) in [4.78, 5) is 0. The van der Waals surface area contributed by atoms with Crippen LogP contribution in [0.25, 0.3) is 0 Å². The Labute approximate surface area is 115 Å². The minimum atomic E-state index is -0.421. The Bertz CT molecular complexity index is 504. The van der Waals surface area contributed by atoms with E-state index in [2.05, 4.69) is 49.9 Å². The van der Waals surface area contributed by atoms with Gasteiger partial charge < -0.3 is 4.74 Å². The highest BCUT2D eigenvalue weighted by molar-refractivity contribution is 5.26. The maximum absolute atomic E-state index is 6.05. The van der Waals surface area contributed by atoms with E-state index >= 15 is 0 Å². The Hall–Kier alpha value is -1.86.